The molecule has 1 fully saturated rings. The normalized spacial score (nSPS) is 16.8. The monoisotopic (exact) mass is 247 g/mol. The van der Waals surface area contributed by atoms with E-state index in [4.69, 9.17) is 4.74 Å². The molecule has 0 radical (unpaired) electrons. The van der Waals surface area contributed by atoms with Gasteiger partial charge in [0.1, 0.15) is 5.75 Å². The summed E-state index contributed by atoms with van der Waals surface area (Å²) >= 11 is 0. The molecule has 0 atom stereocenters. The Labute approximate surface area is 111 Å². The average molecular weight is 247 g/mol. The number of ether oxygens (including phenoxy) is 1. The summed E-state index contributed by atoms with van der Waals surface area (Å²) in [7, 11) is 1.73. The predicted octanol–water partition coefficient (Wildman–Crippen LogP) is 3.67. The number of rotatable bonds is 5. The molecule has 1 saturated carbocycles. The molecule has 2 rings (SSSR count). The minimum Gasteiger partial charge on any atom is -0.496 e. The summed E-state index contributed by atoms with van der Waals surface area (Å²) in [6.45, 7) is 4.25. The van der Waals surface area contributed by atoms with Crippen LogP contribution in [0, 0.1) is 12.8 Å². The summed E-state index contributed by atoms with van der Waals surface area (Å²) < 4.78 is 5.28. The number of benzene rings is 1. The number of aryl methyl sites for hydroxylation is 1. The first kappa shape index (κ1) is 13.4. The average Bonchev–Trinajstić information content (AvgIpc) is 2.40. The van der Waals surface area contributed by atoms with Crippen LogP contribution in [0.3, 0.4) is 0 Å². The molecule has 0 bridgehead atoms. The summed E-state index contributed by atoms with van der Waals surface area (Å²) in [4.78, 5) is 0. The highest BCUT2D eigenvalue weighted by Gasteiger charge is 2.12. The van der Waals surface area contributed by atoms with E-state index in [0.29, 0.717) is 0 Å². The van der Waals surface area contributed by atoms with Crippen LogP contribution in [0.1, 0.15) is 43.2 Å². The van der Waals surface area contributed by atoms with Gasteiger partial charge in [-0.05, 0) is 49.4 Å². The molecule has 0 aromatic heterocycles. The minimum atomic E-state index is 0.901. The van der Waals surface area contributed by atoms with Crippen molar-refractivity contribution in [3.05, 3.63) is 29.3 Å². The van der Waals surface area contributed by atoms with Crippen LogP contribution in [0.4, 0.5) is 0 Å². The van der Waals surface area contributed by atoms with E-state index in [1.54, 1.807) is 7.11 Å². The van der Waals surface area contributed by atoms with Crippen LogP contribution in [0.25, 0.3) is 0 Å². The lowest BCUT2D eigenvalue weighted by molar-refractivity contribution is 0.342. The Bertz CT molecular complexity index is 369. The maximum Gasteiger partial charge on any atom is 0.121 e. The van der Waals surface area contributed by atoms with Crippen molar-refractivity contribution in [2.24, 2.45) is 5.92 Å². The highest BCUT2D eigenvalue weighted by molar-refractivity contribution is 5.36. The Morgan fingerprint density at radius 3 is 2.67 bits per heavy atom. The number of methoxy groups -OCH3 is 1. The van der Waals surface area contributed by atoms with E-state index in [1.165, 1.54) is 49.8 Å². The van der Waals surface area contributed by atoms with Crippen LogP contribution in [0.2, 0.25) is 0 Å². The lowest BCUT2D eigenvalue weighted by Crippen LogP contribution is -2.24. The SMILES string of the molecule is COc1ccc(CNCC2CCCCC2)cc1C. The van der Waals surface area contributed by atoms with Crippen molar-refractivity contribution in [3.8, 4) is 5.75 Å². The molecule has 0 spiro atoms. The molecule has 1 aromatic carbocycles. The lowest BCUT2D eigenvalue weighted by Gasteiger charge is -2.21. The smallest absolute Gasteiger partial charge is 0.121 e. The van der Waals surface area contributed by atoms with E-state index in [9.17, 15) is 0 Å². The fourth-order valence-electron chi connectivity index (χ4n) is 2.86. The summed E-state index contributed by atoms with van der Waals surface area (Å²) in [6, 6.07) is 6.43. The Kier molecular flexibility index (Phi) is 5.06. The van der Waals surface area contributed by atoms with E-state index in [-0.39, 0.29) is 0 Å². The van der Waals surface area contributed by atoms with Gasteiger partial charge in [0.15, 0.2) is 0 Å². The van der Waals surface area contributed by atoms with Crippen molar-refractivity contribution in [3.63, 3.8) is 0 Å². The van der Waals surface area contributed by atoms with Crippen molar-refractivity contribution in [2.45, 2.75) is 45.6 Å². The second-order valence-electron chi connectivity index (χ2n) is 5.44. The molecule has 1 aromatic rings. The molecule has 0 saturated heterocycles. The van der Waals surface area contributed by atoms with Gasteiger partial charge in [0, 0.05) is 6.54 Å². The van der Waals surface area contributed by atoms with Crippen molar-refractivity contribution in [1.82, 2.24) is 5.32 Å². The van der Waals surface area contributed by atoms with Crippen LogP contribution in [0.15, 0.2) is 18.2 Å². The molecule has 2 heteroatoms. The summed E-state index contributed by atoms with van der Waals surface area (Å²) in [6.07, 6.45) is 7.11. The standard InChI is InChI=1S/C16H25NO/c1-13-10-15(8-9-16(13)18-2)12-17-11-14-6-4-3-5-7-14/h8-10,14,17H,3-7,11-12H2,1-2H3. The first-order chi connectivity index (χ1) is 8.79. The van der Waals surface area contributed by atoms with Gasteiger partial charge in [-0.2, -0.15) is 0 Å². The van der Waals surface area contributed by atoms with Crippen LogP contribution in [0.5, 0.6) is 5.75 Å². The zero-order chi connectivity index (χ0) is 12.8. The number of hydrogen-bond donors (Lipinski definition) is 1. The molecule has 1 N–H and O–H groups in total. The Balaban J connectivity index is 1.77. The molecule has 100 valence electrons. The van der Waals surface area contributed by atoms with E-state index in [2.05, 4.69) is 30.4 Å². The third-order valence-electron chi connectivity index (χ3n) is 3.95. The van der Waals surface area contributed by atoms with Crippen molar-refractivity contribution < 1.29 is 4.74 Å². The fraction of sp³-hybridized carbons (Fsp3) is 0.625. The molecule has 0 aliphatic heterocycles. The first-order valence-electron chi connectivity index (χ1n) is 7.14. The molecular weight excluding hydrogens is 222 g/mol. The first-order valence-corrected chi connectivity index (χ1v) is 7.14. The van der Waals surface area contributed by atoms with Crippen molar-refractivity contribution >= 4 is 0 Å². The quantitative estimate of drug-likeness (QED) is 0.857. The fourth-order valence-corrected chi connectivity index (χ4v) is 2.86. The van der Waals surface area contributed by atoms with E-state index >= 15 is 0 Å². The number of nitrogens with one attached hydrogen (secondary N) is 1. The van der Waals surface area contributed by atoms with E-state index in [0.717, 1.165) is 18.2 Å². The summed E-state index contributed by atoms with van der Waals surface area (Å²) in [5, 5.41) is 3.60. The predicted molar refractivity (Wildman–Crippen MR) is 76.0 cm³/mol. The van der Waals surface area contributed by atoms with Gasteiger partial charge in [0.2, 0.25) is 0 Å². The zero-order valence-corrected chi connectivity index (χ0v) is 11.7. The van der Waals surface area contributed by atoms with Gasteiger partial charge >= 0.3 is 0 Å². The van der Waals surface area contributed by atoms with Gasteiger partial charge in [0.25, 0.3) is 0 Å². The summed E-state index contributed by atoms with van der Waals surface area (Å²) in [5.74, 6) is 1.88. The largest absolute Gasteiger partial charge is 0.496 e. The molecule has 0 amide bonds. The van der Waals surface area contributed by atoms with Gasteiger partial charge < -0.3 is 10.1 Å². The number of hydrogen-bond acceptors (Lipinski definition) is 2. The molecule has 18 heavy (non-hydrogen) atoms. The molecular formula is C16H25NO. The third-order valence-corrected chi connectivity index (χ3v) is 3.95. The van der Waals surface area contributed by atoms with Crippen LogP contribution in [-0.2, 0) is 6.54 Å². The third kappa shape index (κ3) is 3.74. The highest BCUT2D eigenvalue weighted by Crippen LogP contribution is 2.23. The molecule has 1 aliphatic carbocycles. The molecule has 0 unspecified atom stereocenters. The minimum absolute atomic E-state index is 0.901. The highest BCUT2D eigenvalue weighted by atomic mass is 16.5. The van der Waals surface area contributed by atoms with Crippen molar-refractivity contribution in [2.75, 3.05) is 13.7 Å². The van der Waals surface area contributed by atoms with Crippen LogP contribution >= 0.6 is 0 Å². The molecule has 2 nitrogen and oxygen atoms in total. The van der Waals surface area contributed by atoms with Gasteiger partial charge in [-0.15, -0.1) is 0 Å². The van der Waals surface area contributed by atoms with E-state index in [1.807, 2.05) is 0 Å². The second-order valence-corrected chi connectivity index (χ2v) is 5.44. The van der Waals surface area contributed by atoms with Crippen LogP contribution in [-0.4, -0.2) is 13.7 Å². The van der Waals surface area contributed by atoms with Crippen LogP contribution < -0.4 is 10.1 Å². The maximum atomic E-state index is 5.28. The Morgan fingerprint density at radius 2 is 2.00 bits per heavy atom. The maximum absolute atomic E-state index is 5.28. The van der Waals surface area contributed by atoms with Crippen molar-refractivity contribution in [1.29, 1.82) is 0 Å². The van der Waals surface area contributed by atoms with E-state index < -0.39 is 0 Å². The second kappa shape index (κ2) is 6.79. The zero-order valence-electron chi connectivity index (χ0n) is 11.7. The van der Waals surface area contributed by atoms with Gasteiger partial charge in [0.05, 0.1) is 7.11 Å². The molecule has 1 aliphatic rings. The summed E-state index contributed by atoms with van der Waals surface area (Å²) in [5.41, 5.74) is 2.57. The van der Waals surface area contributed by atoms with Gasteiger partial charge in [-0.25, -0.2) is 0 Å². The van der Waals surface area contributed by atoms with Gasteiger partial charge in [-0.3, -0.25) is 0 Å². The Morgan fingerprint density at radius 1 is 1.22 bits per heavy atom. The lowest BCUT2D eigenvalue weighted by atomic mass is 9.89. The molecule has 0 heterocycles. The Hall–Kier alpha value is -1.02. The van der Waals surface area contributed by atoms with Gasteiger partial charge in [-0.1, -0.05) is 31.4 Å². The topological polar surface area (TPSA) is 21.3 Å².